The summed E-state index contributed by atoms with van der Waals surface area (Å²) in [6.07, 6.45) is 2.37. The molecule has 1 aliphatic rings. The fourth-order valence-electron chi connectivity index (χ4n) is 2.45. The third kappa shape index (κ3) is 2.15. The third-order valence-electron chi connectivity index (χ3n) is 3.48. The summed E-state index contributed by atoms with van der Waals surface area (Å²) in [5.74, 6) is 0.720. The highest BCUT2D eigenvalue weighted by Gasteiger charge is 2.40. The molecule has 0 bridgehead atoms. The molecular weight excluding hydrogens is 319 g/mol. The van der Waals surface area contributed by atoms with E-state index in [1.807, 2.05) is 24.3 Å². The van der Waals surface area contributed by atoms with Crippen molar-refractivity contribution in [1.82, 2.24) is 9.82 Å². The predicted octanol–water partition coefficient (Wildman–Crippen LogP) is 4.16. The second-order valence-corrected chi connectivity index (χ2v) is 5.58. The molecule has 104 valence electrons. The number of ether oxygens (including phenoxy) is 1. The van der Waals surface area contributed by atoms with Crippen LogP contribution in [0.3, 0.4) is 0 Å². The quantitative estimate of drug-likeness (QED) is 0.840. The molecule has 1 unspecified atom stereocenters. The Labute approximate surface area is 131 Å². The van der Waals surface area contributed by atoms with E-state index in [1.165, 1.54) is 0 Å². The lowest BCUT2D eigenvalue weighted by Crippen LogP contribution is -2.43. The van der Waals surface area contributed by atoms with Crippen LogP contribution in [0.4, 0.5) is 0 Å². The van der Waals surface area contributed by atoms with Gasteiger partial charge in [-0.2, -0.15) is 0 Å². The summed E-state index contributed by atoms with van der Waals surface area (Å²) in [5, 5.41) is 0.993. The third-order valence-corrected chi connectivity index (χ3v) is 4.54. The molecule has 1 atom stereocenters. The smallest absolute Gasteiger partial charge is 0.143 e. The molecule has 3 rings (SSSR count). The molecule has 20 heavy (non-hydrogen) atoms. The summed E-state index contributed by atoms with van der Waals surface area (Å²) >= 11 is 18.2. The van der Waals surface area contributed by atoms with Crippen molar-refractivity contribution in [2.75, 3.05) is 6.61 Å². The number of benzene rings is 1. The molecule has 3 nitrogen and oxygen atoms in total. The molecule has 0 amide bonds. The van der Waals surface area contributed by atoms with E-state index in [4.69, 9.17) is 39.7 Å². The largest absolute Gasteiger partial charge is 0.491 e. The van der Waals surface area contributed by atoms with Crippen molar-refractivity contribution in [1.29, 1.82) is 0 Å². The van der Waals surface area contributed by atoms with E-state index >= 15 is 0 Å². The zero-order chi connectivity index (χ0) is 14.2. The van der Waals surface area contributed by atoms with Crippen molar-refractivity contribution >= 4 is 35.0 Å². The summed E-state index contributed by atoms with van der Waals surface area (Å²) in [4.78, 5) is 7.29. The van der Waals surface area contributed by atoms with Crippen LogP contribution in [-0.4, -0.2) is 11.6 Å². The molecule has 0 saturated heterocycles. The van der Waals surface area contributed by atoms with Gasteiger partial charge in [-0.3, -0.25) is 4.98 Å². The van der Waals surface area contributed by atoms with Crippen molar-refractivity contribution in [3.8, 4) is 5.75 Å². The molecule has 0 radical (unpaired) electrons. The molecule has 1 aromatic heterocycles. The van der Waals surface area contributed by atoms with Crippen LogP contribution in [0.1, 0.15) is 17.7 Å². The van der Waals surface area contributed by atoms with E-state index in [9.17, 15) is 0 Å². The standard InChI is InChI=1S/C14H11Cl3N2O/c15-10-4-3-9(8-11(10)16)14(19-17)5-7-20-12-2-1-6-18-13(12)14/h1-4,6,8,19H,5,7H2. The number of nitrogens with zero attached hydrogens (tertiary/aromatic N) is 1. The minimum absolute atomic E-state index is 0.486. The Balaban J connectivity index is 2.20. The number of hydrogen-bond acceptors (Lipinski definition) is 3. The maximum Gasteiger partial charge on any atom is 0.143 e. The van der Waals surface area contributed by atoms with Gasteiger partial charge in [0.25, 0.3) is 0 Å². The molecule has 0 saturated carbocycles. The van der Waals surface area contributed by atoms with E-state index < -0.39 is 5.54 Å². The van der Waals surface area contributed by atoms with Gasteiger partial charge in [0.1, 0.15) is 17.0 Å². The summed E-state index contributed by atoms with van der Waals surface area (Å²) in [6, 6.07) is 9.17. The van der Waals surface area contributed by atoms with Gasteiger partial charge >= 0.3 is 0 Å². The Kier molecular flexibility index (Phi) is 3.78. The number of hydrogen-bond donors (Lipinski definition) is 1. The predicted molar refractivity (Wildman–Crippen MR) is 80.6 cm³/mol. The van der Waals surface area contributed by atoms with Gasteiger partial charge in [-0.15, -0.1) is 0 Å². The second-order valence-electron chi connectivity index (χ2n) is 4.58. The Morgan fingerprint density at radius 1 is 1.20 bits per heavy atom. The first kappa shape index (κ1) is 14.0. The molecule has 6 heteroatoms. The number of pyridine rings is 1. The number of fused-ring (bicyclic) bond motifs is 1. The molecule has 2 aromatic rings. The van der Waals surface area contributed by atoms with Gasteiger partial charge < -0.3 is 4.74 Å². The Bertz CT molecular complexity index is 650. The lowest BCUT2D eigenvalue weighted by atomic mass is 9.82. The van der Waals surface area contributed by atoms with Gasteiger partial charge in [0.15, 0.2) is 0 Å². The maximum atomic E-state index is 6.12. The van der Waals surface area contributed by atoms with Crippen molar-refractivity contribution in [2.45, 2.75) is 12.0 Å². The van der Waals surface area contributed by atoms with Crippen LogP contribution in [-0.2, 0) is 5.54 Å². The molecule has 0 fully saturated rings. The van der Waals surface area contributed by atoms with Crippen LogP contribution in [0, 0.1) is 0 Å². The van der Waals surface area contributed by atoms with E-state index in [0.717, 1.165) is 17.0 Å². The van der Waals surface area contributed by atoms with E-state index in [-0.39, 0.29) is 0 Å². The molecule has 0 aliphatic carbocycles. The Morgan fingerprint density at radius 3 is 2.80 bits per heavy atom. The number of aromatic nitrogens is 1. The van der Waals surface area contributed by atoms with Gasteiger partial charge in [-0.05, 0) is 41.6 Å². The summed E-state index contributed by atoms with van der Waals surface area (Å²) in [6.45, 7) is 0.540. The first-order valence-corrected chi connectivity index (χ1v) is 7.22. The van der Waals surface area contributed by atoms with Crippen molar-refractivity contribution in [3.05, 3.63) is 57.8 Å². The zero-order valence-electron chi connectivity index (χ0n) is 10.4. The molecule has 2 heterocycles. The fourth-order valence-corrected chi connectivity index (χ4v) is 3.04. The van der Waals surface area contributed by atoms with Crippen LogP contribution in [0.15, 0.2) is 36.5 Å². The topological polar surface area (TPSA) is 34.1 Å². The van der Waals surface area contributed by atoms with Gasteiger partial charge in [-0.25, -0.2) is 4.84 Å². The second kappa shape index (κ2) is 5.41. The summed E-state index contributed by atoms with van der Waals surface area (Å²) in [5.41, 5.74) is 1.02. The van der Waals surface area contributed by atoms with E-state index in [2.05, 4.69) is 9.82 Å². The van der Waals surface area contributed by atoms with Crippen LogP contribution in [0.25, 0.3) is 0 Å². The molecular formula is C14H11Cl3N2O. The van der Waals surface area contributed by atoms with Gasteiger partial charge in [0, 0.05) is 12.6 Å². The fraction of sp³-hybridized carbons (Fsp3) is 0.214. The highest BCUT2D eigenvalue weighted by molar-refractivity contribution is 6.42. The number of rotatable bonds is 2. The van der Waals surface area contributed by atoms with Crippen molar-refractivity contribution < 1.29 is 4.74 Å². The first-order valence-electron chi connectivity index (χ1n) is 6.09. The minimum Gasteiger partial charge on any atom is -0.491 e. The van der Waals surface area contributed by atoms with Crippen LogP contribution < -0.4 is 9.57 Å². The maximum absolute atomic E-state index is 6.12. The van der Waals surface area contributed by atoms with Gasteiger partial charge in [0.05, 0.1) is 16.7 Å². The monoisotopic (exact) mass is 328 g/mol. The van der Waals surface area contributed by atoms with Crippen molar-refractivity contribution in [3.63, 3.8) is 0 Å². The van der Waals surface area contributed by atoms with Crippen molar-refractivity contribution in [2.24, 2.45) is 0 Å². The van der Waals surface area contributed by atoms with Crippen LogP contribution in [0.2, 0.25) is 10.0 Å². The number of halogens is 3. The van der Waals surface area contributed by atoms with Gasteiger partial charge in [-0.1, -0.05) is 29.3 Å². The average Bonchev–Trinajstić information content (AvgIpc) is 2.49. The lowest BCUT2D eigenvalue weighted by Gasteiger charge is -2.36. The SMILES string of the molecule is ClNC1(c2ccc(Cl)c(Cl)c2)CCOc2cccnc21. The summed E-state index contributed by atoms with van der Waals surface area (Å²) < 4.78 is 5.64. The zero-order valence-corrected chi connectivity index (χ0v) is 12.6. The Morgan fingerprint density at radius 2 is 2.05 bits per heavy atom. The highest BCUT2D eigenvalue weighted by Crippen LogP contribution is 2.42. The Hall–Kier alpha value is -1.00. The number of nitrogens with one attached hydrogen (secondary N) is 1. The minimum atomic E-state index is -0.634. The van der Waals surface area contributed by atoms with Gasteiger partial charge in [0.2, 0.25) is 0 Å². The normalized spacial score (nSPS) is 21.1. The van der Waals surface area contributed by atoms with Crippen LogP contribution >= 0.6 is 35.0 Å². The van der Waals surface area contributed by atoms with Crippen LogP contribution in [0.5, 0.6) is 5.75 Å². The average molecular weight is 330 g/mol. The molecule has 0 spiro atoms. The van der Waals surface area contributed by atoms with E-state index in [0.29, 0.717) is 23.1 Å². The highest BCUT2D eigenvalue weighted by atomic mass is 35.5. The molecule has 1 N–H and O–H groups in total. The molecule has 1 aromatic carbocycles. The molecule has 1 aliphatic heterocycles. The first-order chi connectivity index (χ1) is 9.67. The van der Waals surface area contributed by atoms with E-state index in [1.54, 1.807) is 12.3 Å². The summed E-state index contributed by atoms with van der Waals surface area (Å²) in [7, 11) is 0. The lowest BCUT2D eigenvalue weighted by molar-refractivity contribution is 0.223.